The van der Waals surface area contributed by atoms with Crippen molar-refractivity contribution >= 4 is 11.0 Å². The highest BCUT2D eigenvalue weighted by Gasteiger charge is 2.14. The summed E-state index contributed by atoms with van der Waals surface area (Å²) in [5.74, 6) is 2.49. The van der Waals surface area contributed by atoms with Crippen molar-refractivity contribution in [2.45, 2.75) is 32.2 Å². The molecule has 1 aliphatic rings. The van der Waals surface area contributed by atoms with Gasteiger partial charge in [0.2, 0.25) is 0 Å². The number of nitrogens with one attached hydrogen (secondary N) is 1. The fourth-order valence-electron chi connectivity index (χ4n) is 2.21. The van der Waals surface area contributed by atoms with Crippen LogP contribution in [0.25, 0.3) is 11.0 Å². The van der Waals surface area contributed by atoms with Gasteiger partial charge < -0.3 is 20.2 Å². The van der Waals surface area contributed by atoms with E-state index < -0.39 is 0 Å². The van der Waals surface area contributed by atoms with Gasteiger partial charge in [0, 0.05) is 31.0 Å². The van der Waals surface area contributed by atoms with Crippen LogP contribution in [0, 0.1) is 0 Å². The highest BCUT2D eigenvalue weighted by molar-refractivity contribution is 5.79. The smallest absolute Gasteiger partial charge is 0.163 e. The van der Waals surface area contributed by atoms with Crippen LogP contribution in [0.2, 0.25) is 0 Å². The lowest BCUT2D eigenvalue weighted by atomic mass is 10.2. The summed E-state index contributed by atoms with van der Waals surface area (Å²) >= 11 is 0. The third kappa shape index (κ3) is 2.51. The van der Waals surface area contributed by atoms with Gasteiger partial charge in [0.05, 0.1) is 24.2 Å². The normalized spacial score (nSPS) is 16.3. The van der Waals surface area contributed by atoms with Crippen molar-refractivity contribution in [3.05, 3.63) is 18.0 Å². The predicted octanol–water partition coefficient (Wildman–Crippen LogP) is 2.00. The number of nitrogens with zero attached hydrogens (tertiary/aromatic N) is 1. The monoisotopic (exact) mass is 261 g/mol. The first kappa shape index (κ1) is 12.3. The van der Waals surface area contributed by atoms with E-state index in [1.165, 1.54) is 0 Å². The maximum absolute atomic E-state index is 5.96. The SMILES string of the molecule is CCC(N)Cc1nc2cc3c(cc2[nH]1)OCCCO3. The quantitative estimate of drug-likeness (QED) is 0.886. The molecule has 0 saturated heterocycles. The van der Waals surface area contributed by atoms with Crippen molar-refractivity contribution in [1.82, 2.24) is 9.97 Å². The molecule has 0 amide bonds. The maximum Gasteiger partial charge on any atom is 0.163 e. The molecule has 1 unspecified atom stereocenters. The molecular formula is C14H19N3O2. The molecule has 1 aliphatic heterocycles. The number of aromatic nitrogens is 2. The Hall–Kier alpha value is -1.75. The van der Waals surface area contributed by atoms with Crippen molar-refractivity contribution in [3.63, 3.8) is 0 Å². The van der Waals surface area contributed by atoms with Gasteiger partial charge in [0.1, 0.15) is 5.82 Å². The predicted molar refractivity (Wildman–Crippen MR) is 73.7 cm³/mol. The second-order valence-corrected chi connectivity index (χ2v) is 4.92. The fourth-order valence-corrected chi connectivity index (χ4v) is 2.21. The average molecular weight is 261 g/mol. The summed E-state index contributed by atoms with van der Waals surface area (Å²) in [6.07, 6.45) is 2.62. The molecule has 0 aliphatic carbocycles. The number of H-pyrrole nitrogens is 1. The van der Waals surface area contributed by atoms with Gasteiger partial charge in [-0.1, -0.05) is 6.92 Å². The minimum Gasteiger partial charge on any atom is -0.489 e. The zero-order chi connectivity index (χ0) is 13.2. The molecule has 2 heterocycles. The van der Waals surface area contributed by atoms with Crippen LogP contribution in [0.15, 0.2) is 12.1 Å². The summed E-state index contributed by atoms with van der Waals surface area (Å²) in [5, 5.41) is 0. The number of aromatic amines is 1. The van der Waals surface area contributed by atoms with Gasteiger partial charge >= 0.3 is 0 Å². The Morgan fingerprint density at radius 1 is 1.32 bits per heavy atom. The van der Waals surface area contributed by atoms with Gasteiger partial charge in [-0.05, 0) is 6.42 Å². The van der Waals surface area contributed by atoms with Crippen LogP contribution in [0.5, 0.6) is 11.5 Å². The minimum atomic E-state index is 0.144. The van der Waals surface area contributed by atoms with E-state index in [2.05, 4.69) is 16.9 Å². The van der Waals surface area contributed by atoms with E-state index in [-0.39, 0.29) is 6.04 Å². The summed E-state index contributed by atoms with van der Waals surface area (Å²) < 4.78 is 11.3. The first-order chi connectivity index (χ1) is 9.26. The van der Waals surface area contributed by atoms with E-state index in [0.717, 1.165) is 47.6 Å². The molecule has 3 rings (SSSR count). The van der Waals surface area contributed by atoms with Crippen LogP contribution in [0.3, 0.4) is 0 Å². The summed E-state index contributed by atoms with van der Waals surface area (Å²) in [4.78, 5) is 7.87. The molecule has 0 saturated carbocycles. The molecule has 0 spiro atoms. The molecule has 3 N–H and O–H groups in total. The van der Waals surface area contributed by atoms with Crippen molar-refractivity contribution in [2.75, 3.05) is 13.2 Å². The molecule has 1 aromatic carbocycles. The van der Waals surface area contributed by atoms with E-state index >= 15 is 0 Å². The molecule has 5 heteroatoms. The summed E-state index contributed by atoms with van der Waals surface area (Å²) in [6, 6.07) is 4.04. The molecular weight excluding hydrogens is 242 g/mol. The largest absolute Gasteiger partial charge is 0.489 e. The van der Waals surface area contributed by atoms with E-state index in [0.29, 0.717) is 13.2 Å². The van der Waals surface area contributed by atoms with Crippen molar-refractivity contribution in [2.24, 2.45) is 5.73 Å². The average Bonchev–Trinajstić information content (AvgIpc) is 2.63. The minimum absolute atomic E-state index is 0.144. The zero-order valence-electron chi connectivity index (χ0n) is 11.1. The number of rotatable bonds is 3. The first-order valence-corrected chi connectivity index (χ1v) is 6.80. The molecule has 5 nitrogen and oxygen atoms in total. The lowest BCUT2D eigenvalue weighted by molar-refractivity contribution is 0.297. The second kappa shape index (κ2) is 5.09. The third-order valence-corrected chi connectivity index (χ3v) is 3.38. The van der Waals surface area contributed by atoms with Gasteiger partial charge in [-0.15, -0.1) is 0 Å². The molecule has 0 radical (unpaired) electrons. The fraction of sp³-hybridized carbons (Fsp3) is 0.500. The molecule has 1 atom stereocenters. The Balaban J connectivity index is 1.95. The Labute approximate surface area is 112 Å². The molecule has 0 fully saturated rings. The molecule has 19 heavy (non-hydrogen) atoms. The highest BCUT2D eigenvalue weighted by Crippen LogP contribution is 2.33. The molecule has 2 aromatic rings. The van der Waals surface area contributed by atoms with Crippen LogP contribution >= 0.6 is 0 Å². The van der Waals surface area contributed by atoms with Crippen LogP contribution in [0.4, 0.5) is 0 Å². The van der Waals surface area contributed by atoms with Gasteiger partial charge in [-0.25, -0.2) is 4.98 Å². The van der Waals surface area contributed by atoms with E-state index in [4.69, 9.17) is 15.2 Å². The molecule has 0 bridgehead atoms. The number of ether oxygens (including phenoxy) is 2. The number of nitrogens with two attached hydrogens (primary N) is 1. The highest BCUT2D eigenvalue weighted by atomic mass is 16.5. The van der Waals surface area contributed by atoms with Crippen LogP contribution in [-0.2, 0) is 6.42 Å². The Morgan fingerprint density at radius 2 is 2.05 bits per heavy atom. The Bertz CT molecular complexity index is 536. The zero-order valence-corrected chi connectivity index (χ0v) is 11.1. The standard InChI is InChI=1S/C14H19N3O2/c1-2-9(15)6-14-16-10-7-12-13(8-11(10)17-14)19-5-3-4-18-12/h7-9H,2-6,15H2,1H3,(H,16,17). The molecule has 1 aromatic heterocycles. The number of benzene rings is 1. The number of hydrogen-bond donors (Lipinski definition) is 2. The van der Waals surface area contributed by atoms with Gasteiger partial charge in [-0.2, -0.15) is 0 Å². The summed E-state index contributed by atoms with van der Waals surface area (Å²) in [7, 11) is 0. The Kier molecular flexibility index (Phi) is 3.29. The van der Waals surface area contributed by atoms with Gasteiger partial charge in [0.25, 0.3) is 0 Å². The van der Waals surface area contributed by atoms with Gasteiger partial charge in [-0.3, -0.25) is 0 Å². The first-order valence-electron chi connectivity index (χ1n) is 6.80. The van der Waals surface area contributed by atoms with Crippen molar-refractivity contribution in [1.29, 1.82) is 0 Å². The Morgan fingerprint density at radius 3 is 2.79 bits per heavy atom. The van der Waals surface area contributed by atoms with Crippen molar-refractivity contribution in [3.8, 4) is 11.5 Å². The maximum atomic E-state index is 5.96. The molecule has 102 valence electrons. The summed E-state index contributed by atoms with van der Waals surface area (Å²) in [6.45, 7) is 3.47. The lowest BCUT2D eigenvalue weighted by Crippen LogP contribution is -2.21. The number of hydrogen-bond acceptors (Lipinski definition) is 4. The third-order valence-electron chi connectivity index (χ3n) is 3.38. The van der Waals surface area contributed by atoms with E-state index in [9.17, 15) is 0 Å². The number of fused-ring (bicyclic) bond motifs is 2. The topological polar surface area (TPSA) is 73.2 Å². The van der Waals surface area contributed by atoms with E-state index in [1.54, 1.807) is 0 Å². The van der Waals surface area contributed by atoms with Crippen LogP contribution in [0.1, 0.15) is 25.6 Å². The second-order valence-electron chi connectivity index (χ2n) is 4.92. The van der Waals surface area contributed by atoms with Crippen LogP contribution in [-0.4, -0.2) is 29.2 Å². The lowest BCUT2D eigenvalue weighted by Gasteiger charge is -2.05. The van der Waals surface area contributed by atoms with Gasteiger partial charge in [0.15, 0.2) is 11.5 Å². The summed E-state index contributed by atoms with van der Waals surface area (Å²) in [5.41, 5.74) is 7.84. The van der Waals surface area contributed by atoms with E-state index in [1.807, 2.05) is 12.1 Å². The van der Waals surface area contributed by atoms with Crippen molar-refractivity contribution < 1.29 is 9.47 Å². The number of imidazole rings is 1. The van der Waals surface area contributed by atoms with Crippen LogP contribution < -0.4 is 15.2 Å².